The summed E-state index contributed by atoms with van der Waals surface area (Å²) >= 11 is 0. The maximum Gasteiger partial charge on any atom is 0.243 e. The molecule has 9 heteroatoms. The predicted molar refractivity (Wildman–Crippen MR) is 139 cm³/mol. The second kappa shape index (κ2) is 9.04. The van der Waals surface area contributed by atoms with E-state index in [9.17, 15) is 21.6 Å². The fourth-order valence-corrected chi connectivity index (χ4v) is 9.67. The van der Waals surface area contributed by atoms with Crippen molar-refractivity contribution < 1.29 is 21.6 Å². The summed E-state index contributed by atoms with van der Waals surface area (Å²) in [6, 6.07) is 9.37. The Bertz CT molecular complexity index is 1310. The quantitative estimate of drug-likeness (QED) is 0.503. The average molecular weight is 531 g/mol. The number of sulfonamides is 2. The smallest absolute Gasteiger partial charge is 0.243 e. The van der Waals surface area contributed by atoms with Crippen LogP contribution in [-0.2, 0) is 20.0 Å². The SMILES string of the molecule is C[C@H]1C[C@H](C)CN(S(=O)(=O)c2ccc3c(c2)C(=O)c2cc(S(=O)(=O)N4C[C@@H](C)C[C@H](C)C4)ccc2-3)C1. The van der Waals surface area contributed by atoms with Crippen LogP contribution in [0.5, 0.6) is 0 Å². The van der Waals surface area contributed by atoms with Crippen LogP contribution in [0.25, 0.3) is 11.1 Å². The topological polar surface area (TPSA) is 91.8 Å². The molecule has 3 aliphatic rings. The zero-order valence-electron chi connectivity index (χ0n) is 21.3. The first-order valence-electron chi connectivity index (χ1n) is 12.7. The van der Waals surface area contributed by atoms with E-state index in [4.69, 9.17) is 0 Å². The molecule has 0 saturated carbocycles. The van der Waals surface area contributed by atoms with Gasteiger partial charge in [0.05, 0.1) is 9.79 Å². The molecular formula is C27H34N2O5S2. The Morgan fingerprint density at radius 3 is 1.25 bits per heavy atom. The van der Waals surface area contributed by atoms with E-state index in [1.54, 1.807) is 24.3 Å². The number of rotatable bonds is 4. The number of benzene rings is 2. The number of hydrogen-bond acceptors (Lipinski definition) is 5. The Kier molecular flexibility index (Phi) is 6.42. The van der Waals surface area contributed by atoms with E-state index in [1.807, 2.05) is 0 Å². The molecule has 0 aromatic heterocycles. The standard InChI is InChI=1S/C27H34N2O5S2/c1-17-9-18(2)14-28(13-17)35(31,32)21-5-7-23-24-8-6-22(12-26(24)27(30)25(23)11-21)36(33,34)29-15-19(3)10-20(4)16-29/h5-8,11-12,17-20H,9-10,13-16H2,1-4H3/t17-,18-,19-,20-/m0/s1. The molecule has 5 rings (SSSR count). The van der Waals surface area contributed by atoms with Crippen molar-refractivity contribution in [3.63, 3.8) is 0 Å². The first kappa shape index (κ1) is 25.6. The monoisotopic (exact) mass is 530 g/mol. The summed E-state index contributed by atoms with van der Waals surface area (Å²) in [6.45, 7) is 10.1. The third-order valence-corrected chi connectivity index (χ3v) is 11.4. The number of ketones is 1. The van der Waals surface area contributed by atoms with E-state index in [-0.39, 0.29) is 39.2 Å². The highest BCUT2D eigenvalue weighted by atomic mass is 32.2. The van der Waals surface area contributed by atoms with Gasteiger partial charge in [-0.25, -0.2) is 16.8 Å². The second-order valence-electron chi connectivity index (χ2n) is 11.3. The minimum absolute atomic E-state index is 0.104. The Hall–Kier alpha value is -2.07. The van der Waals surface area contributed by atoms with Crippen LogP contribution in [0, 0.1) is 23.7 Å². The van der Waals surface area contributed by atoms with Crippen molar-refractivity contribution in [2.24, 2.45) is 23.7 Å². The number of carbonyl (C=O) groups excluding carboxylic acids is 1. The van der Waals surface area contributed by atoms with Crippen LogP contribution >= 0.6 is 0 Å². The Morgan fingerprint density at radius 2 is 0.917 bits per heavy atom. The zero-order valence-corrected chi connectivity index (χ0v) is 22.9. The summed E-state index contributed by atoms with van der Waals surface area (Å²) in [4.78, 5) is 13.6. The zero-order chi connectivity index (χ0) is 26.0. The van der Waals surface area contributed by atoms with Crippen molar-refractivity contribution in [1.82, 2.24) is 8.61 Å². The molecule has 1 aliphatic carbocycles. The molecule has 2 heterocycles. The van der Waals surface area contributed by atoms with Gasteiger partial charge in [0, 0.05) is 37.3 Å². The van der Waals surface area contributed by atoms with Gasteiger partial charge in [0.1, 0.15) is 0 Å². The average Bonchev–Trinajstić information content (AvgIpc) is 3.09. The predicted octanol–water partition coefficient (Wildman–Crippen LogP) is 4.23. The molecule has 2 aromatic carbocycles. The summed E-state index contributed by atoms with van der Waals surface area (Å²) in [5.41, 5.74) is 1.88. The lowest BCUT2D eigenvalue weighted by molar-refractivity contribution is 0.104. The van der Waals surface area contributed by atoms with Gasteiger partial charge in [-0.1, -0.05) is 39.8 Å². The number of carbonyl (C=O) groups is 1. The molecule has 0 N–H and O–H groups in total. The number of hydrogen-bond donors (Lipinski definition) is 0. The van der Waals surface area contributed by atoms with Crippen molar-refractivity contribution in [2.45, 2.75) is 50.3 Å². The minimum Gasteiger partial charge on any atom is -0.289 e. The lowest BCUT2D eigenvalue weighted by Gasteiger charge is -2.34. The molecule has 0 unspecified atom stereocenters. The molecule has 4 atom stereocenters. The molecule has 2 fully saturated rings. The van der Waals surface area contributed by atoms with Gasteiger partial charge in [-0.2, -0.15) is 8.61 Å². The van der Waals surface area contributed by atoms with Gasteiger partial charge in [-0.05, 0) is 71.9 Å². The summed E-state index contributed by atoms with van der Waals surface area (Å²) in [5, 5.41) is 0. The lowest BCUT2D eigenvalue weighted by Crippen LogP contribution is -2.42. The van der Waals surface area contributed by atoms with Crippen LogP contribution in [0.2, 0.25) is 0 Å². The van der Waals surface area contributed by atoms with E-state index in [2.05, 4.69) is 27.7 Å². The molecule has 0 radical (unpaired) electrons. The van der Waals surface area contributed by atoms with Crippen LogP contribution in [-0.4, -0.2) is 57.4 Å². The largest absolute Gasteiger partial charge is 0.289 e. The van der Waals surface area contributed by atoms with Crippen LogP contribution < -0.4 is 0 Å². The molecule has 2 saturated heterocycles. The second-order valence-corrected chi connectivity index (χ2v) is 15.2. The maximum atomic E-state index is 13.4. The Balaban J connectivity index is 1.47. The maximum absolute atomic E-state index is 13.4. The molecule has 0 amide bonds. The van der Waals surface area contributed by atoms with E-state index in [0.717, 1.165) is 12.8 Å². The Labute approximate surface area is 214 Å². The van der Waals surface area contributed by atoms with Crippen LogP contribution in [0.3, 0.4) is 0 Å². The molecule has 7 nitrogen and oxygen atoms in total. The van der Waals surface area contributed by atoms with Gasteiger partial charge in [0.15, 0.2) is 5.78 Å². The van der Waals surface area contributed by atoms with E-state index < -0.39 is 20.0 Å². The van der Waals surface area contributed by atoms with Gasteiger partial charge in [-0.15, -0.1) is 0 Å². The molecule has 0 spiro atoms. The van der Waals surface area contributed by atoms with Crippen molar-refractivity contribution in [3.05, 3.63) is 47.5 Å². The minimum atomic E-state index is -3.74. The van der Waals surface area contributed by atoms with Crippen molar-refractivity contribution in [3.8, 4) is 11.1 Å². The highest BCUT2D eigenvalue weighted by molar-refractivity contribution is 7.89. The lowest BCUT2D eigenvalue weighted by atomic mass is 9.94. The number of nitrogens with zero attached hydrogens (tertiary/aromatic N) is 2. The number of piperidine rings is 2. The summed E-state index contributed by atoms with van der Waals surface area (Å²) in [5.74, 6) is 0.755. The fourth-order valence-electron chi connectivity index (χ4n) is 6.26. The third-order valence-electron chi connectivity index (χ3n) is 7.71. The van der Waals surface area contributed by atoms with Gasteiger partial charge >= 0.3 is 0 Å². The molecule has 0 bridgehead atoms. The highest BCUT2D eigenvalue weighted by Gasteiger charge is 2.36. The first-order chi connectivity index (χ1) is 16.9. The van der Waals surface area contributed by atoms with Crippen LogP contribution in [0.1, 0.15) is 56.5 Å². The van der Waals surface area contributed by atoms with Gasteiger partial charge < -0.3 is 0 Å². The van der Waals surface area contributed by atoms with Crippen molar-refractivity contribution in [2.75, 3.05) is 26.2 Å². The highest BCUT2D eigenvalue weighted by Crippen LogP contribution is 2.40. The van der Waals surface area contributed by atoms with Crippen molar-refractivity contribution >= 4 is 25.8 Å². The third kappa shape index (κ3) is 4.34. The van der Waals surface area contributed by atoms with E-state index in [1.165, 1.54) is 20.7 Å². The van der Waals surface area contributed by atoms with Gasteiger partial charge in [0.25, 0.3) is 0 Å². The van der Waals surface area contributed by atoms with E-state index >= 15 is 0 Å². The molecule has 36 heavy (non-hydrogen) atoms. The Morgan fingerprint density at radius 1 is 0.583 bits per heavy atom. The van der Waals surface area contributed by atoms with Crippen molar-refractivity contribution in [1.29, 1.82) is 0 Å². The van der Waals surface area contributed by atoms with Crippen LogP contribution in [0.15, 0.2) is 46.2 Å². The summed E-state index contributed by atoms with van der Waals surface area (Å²) in [6.07, 6.45) is 1.98. The fraction of sp³-hybridized carbons (Fsp3) is 0.519. The van der Waals surface area contributed by atoms with Crippen LogP contribution in [0.4, 0.5) is 0 Å². The molecular weight excluding hydrogens is 496 g/mol. The normalized spacial score (nSPS) is 27.6. The first-order valence-corrected chi connectivity index (χ1v) is 15.6. The summed E-state index contributed by atoms with van der Waals surface area (Å²) < 4.78 is 56.6. The van der Waals surface area contributed by atoms with Gasteiger partial charge in [0.2, 0.25) is 20.0 Å². The molecule has 2 aliphatic heterocycles. The van der Waals surface area contributed by atoms with E-state index in [0.29, 0.717) is 48.4 Å². The number of fused-ring (bicyclic) bond motifs is 3. The molecule has 2 aromatic rings. The summed E-state index contributed by atoms with van der Waals surface area (Å²) in [7, 11) is -7.48. The van der Waals surface area contributed by atoms with Gasteiger partial charge in [-0.3, -0.25) is 4.79 Å². The molecule has 194 valence electrons.